The number of carbonyl (C=O) groups is 1. The summed E-state index contributed by atoms with van der Waals surface area (Å²) >= 11 is 6.49. The van der Waals surface area contributed by atoms with Crippen LogP contribution in [0.4, 0.5) is 0 Å². The molecule has 0 saturated carbocycles. The van der Waals surface area contributed by atoms with E-state index in [0.29, 0.717) is 17.0 Å². The van der Waals surface area contributed by atoms with Gasteiger partial charge in [0.2, 0.25) is 0 Å². The highest BCUT2D eigenvalue weighted by Crippen LogP contribution is 2.34. The number of halogens is 1. The van der Waals surface area contributed by atoms with Crippen LogP contribution in [-0.2, 0) is 4.79 Å². The molecule has 0 amide bonds. The standard InChI is InChI=1S/C23H20ClNO.C6H10.C2H6.CH4/c1-4-23(26)16(3)20-14-21(22(24)13-15(20)2)19-7-5-17(6-8-19)18-9-11-25-12-10-18;1-4-6(3)5-2;1-2;/h5-14H,3-4H2,1-2H3;4H,1,3,5H2,2H3;1-2H3;1H4. The fourth-order valence-corrected chi connectivity index (χ4v) is 3.44. The molecule has 0 unspecified atom stereocenters. The van der Waals surface area contributed by atoms with Crippen LogP contribution in [0.3, 0.4) is 0 Å². The molecule has 0 N–H and O–H groups in total. The Bertz CT molecular complexity index is 1110. The van der Waals surface area contributed by atoms with Gasteiger partial charge in [-0.05, 0) is 65.4 Å². The van der Waals surface area contributed by atoms with Crippen LogP contribution >= 0.6 is 11.6 Å². The Morgan fingerprint density at radius 2 is 1.43 bits per heavy atom. The maximum absolute atomic E-state index is 12.1. The van der Waals surface area contributed by atoms with E-state index in [4.69, 9.17) is 11.6 Å². The summed E-state index contributed by atoms with van der Waals surface area (Å²) in [6.07, 6.45) is 6.80. The molecule has 0 radical (unpaired) electrons. The molecule has 0 bridgehead atoms. The summed E-state index contributed by atoms with van der Waals surface area (Å²) in [4.78, 5) is 16.1. The van der Waals surface area contributed by atoms with Gasteiger partial charge in [-0.25, -0.2) is 0 Å². The van der Waals surface area contributed by atoms with E-state index in [-0.39, 0.29) is 13.2 Å². The molecule has 1 aromatic heterocycles. The summed E-state index contributed by atoms with van der Waals surface area (Å²) < 4.78 is 0. The van der Waals surface area contributed by atoms with Gasteiger partial charge in [0.15, 0.2) is 5.78 Å². The molecule has 3 rings (SSSR count). The van der Waals surface area contributed by atoms with Crippen molar-refractivity contribution in [3.8, 4) is 22.3 Å². The topological polar surface area (TPSA) is 30.0 Å². The van der Waals surface area contributed by atoms with E-state index in [0.717, 1.165) is 45.4 Å². The van der Waals surface area contributed by atoms with Gasteiger partial charge in [0, 0.05) is 35.0 Å². The number of Topliss-reactive ketones (excluding diaryl/α,β-unsaturated/α-hetero) is 1. The van der Waals surface area contributed by atoms with Gasteiger partial charge in [-0.1, -0.05) is 102 Å². The van der Waals surface area contributed by atoms with Crippen LogP contribution < -0.4 is 0 Å². The van der Waals surface area contributed by atoms with E-state index in [1.165, 1.54) is 0 Å². The Kier molecular flexibility index (Phi) is 14.9. The zero-order valence-corrected chi connectivity index (χ0v) is 21.9. The van der Waals surface area contributed by atoms with Crippen molar-refractivity contribution >= 4 is 23.0 Å². The molecule has 35 heavy (non-hydrogen) atoms. The summed E-state index contributed by atoms with van der Waals surface area (Å²) in [5, 5.41) is 0.666. The van der Waals surface area contributed by atoms with Gasteiger partial charge in [0.1, 0.15) is 0 Å². The van der Waals surface area contributed by atoms with Crippen LogP contribution in [0.25, 0.3) is 27.8 Å². The van der Waals surface area contributed by atoms with Crippen LogP contribution in [0.15, 0.2) is 92.3 Å². The second-order valence-electron chi connectivity index (χ2n) is 7.43. The number of benzene rings is 2. The SMILES string of the molecule is C.C=C(C(=O)CC)c1cc(-c2ccc(-c3ccncc3)cc2)c(Cl)cc1C.C=CC(=C)CC.CC. The first kappa shape index (κ1) is 31.8. The van der Waals surface area contributed by atoms with Gasteiger partial charge in [0.05, 0.1) is 0 Å². The quantitative estimate of drug-likeness (QED) is 0.244. The summed E-state index contributed by atoms with van der Waals surface area (Å²) in [5.41, 5.74) is 7.60. The van der Waals surface area contributed by atoms with Crippen LogP contribution in [0.5, 0.6) is 0 Å². The number of rotatable bonds is 7. The minimum Gasteiger partial charge on any atom is -0.294 e. The van der Waals surface area contributed by atoms with Gasteiger partial charge in [-0.2, -0.15) is 0 Å². The average Bonchev–Trinajstić information content (AvgIpc) is 2.89. The molecule has 0 saturated heterocycles. The smallest absolute Gasteiger partial charge is 0.162 e. The normalized spacial score (nSPS) is 9.31. The molecular formula is C32H40ClNO. The molecule has 0 spiro atoms. The summed E-state index contributed by atoms with van der Waals surface area (Å²) in [7, 11) is 0. The molecule has 0 aliphatic heterocycles. The molecule has 2 nitrogen and oxygen atoms in total. The lowest BCUT2D eigenvalue weighted by atomic mass is 9.92. The first-order chi connectivity index (χ1) is 16.3. The van der Waals surface area contributed by atoms with E-state index < -0.39 is 0 Å². The third-order valence-electron chi connectivity index (χ3n) is 5.25. The van der Waals surface area contributed by atoms with E-state index in [2.05, 4.69) is 43.8 Å². The lowest BCUT2D eigenvalue weighted by Crippen LogP contribution is -2.01. The zero-order valence-electron chi connectivity index (χ0n) is 21.1. The molecule has 186 valence electrons. The predicted octanol–water partition coefficient (Wildman–Crippen LogP) is 10.2. The highest BCUT2D eigenvalue weighted by Gasteiger charge is 2.14. The first-order valence-corrected chi connectivity index (χ1v) is 12.0. The van der Waals surface area contributed by atoms with Gasteiger partial charge in [-0.3, -0.25) is 9.78 Å². The molecule has 2 aromatic carbocycles. The molecule has 1 heterocycles. The summed E-state index contributed by atoms with van der Waals surface area (Å²) in [5.74, 6) is 0.0504. The molecule has 3 aromatic rings. The van der Waals surface area contributed by atoms with Gasteiger partial charge in [-0.15, -0.1) is 0 Å². The second kappa shape index (κ2) is 16.4. The average molecular weight is 490 g/mol. The maximum Gasteiger partial charge on any atom is 0.162 e. The highest BCUT2D eigenvalue weighted by atomic mass is 35.5. The van der Waals surface area contributed by atoms with Gasteiger partial charge < -0.3 is 0 Å². The number of allylic oxidation sites excluding steroid dienone is 3. The Morgan fingerprint density at radius 3 is 1.89 bits per heavy atom. The second-order valence-corrected chi connectivity index (χ2v) is 7.84. The maximum atomic E-state index is 12.1. The first-order valence-electron chi connectivity index (χ1n) is 11.7. The number of nitrogens with zero attached hydrogens (tertiary/aromatic N) is 1. The Morgan fingerprint density at radius 1 is 0.914 bits per heavy atom. The van der Waals surface area contributed by atoms with E-state index in [9.17, 15) is 4.79 Å². The van der Waals surface area contributed by atoms with Crippen molar-refractivity contribution < 1.29 is 4.79 Å². The van der Waals surface area contributed by atoms with Crippen LogP contribution in [0, 0.1) is 6.92 Å². The Labute approximate surface area is 218 Å². The van der Waals surface area contributed by atoms with Crippen LogP contribution in [-0.4, -0.2) is 10.8 Å². The number of ketones is 1. The lowest BCUT2D eigenvalue weighted by molar-refractivity contribution is -0.113. The van der Waals surface area contributed by atoms with Crippen molar-refractivity contribution in [2.75, 3.05) is 0 Å². The van der Waals surface area contributed by atoms with Crippen molar-refractivity contribution in [1.82, 2.24) is 4.98 Å². The van der Waals surface area contributed by atoms with Gasteiger partial charge >= 0.3 is 0 Å². The monoisotopic (exact) mass is 489 g/mol. The van der Waals surface area contributed by atoms with Crippen molar-refractivity contribution in [2.24, 2.45) is 0 Å². The van der Waals surface area contributed by atoms with Crippen molar-refractivity contribution in [2.45, 2.75) is 54.9 Å². The molecule has 0 aliphatic rings. The summed E-state index contributed by atoms with van der Waals surface area (Å²) in [6, 6.07) is 16.0. The predicted molar refractivity (Wildman–Crippen MR) is 157 cm³/mol. The summed E-state index contributed by atoms with van der Waals surface area (Å²) in [6.45, 7) is 21.0. The number of carbonyl (C=O) groups excluding carboxylic acids is 1. The van der Waals surface area contributed by atoms with E-state index in [1.807, 2.05) is 64.1 Å². The third-order valence-corrected chi connectivity index (χ3v) is 5.56. The molecular weight excluding hydrogens is 450 g/mol. The molecule has 0 atom stereocenters. The zero-order chi connectivity index (χ0) is 25.7. The Hall–Kier alpha value is -3.23. The van der Waals surface area contributed by atoms with Crippen molar-refractivity contribution in [1.29, 1.82) is 0 Å². The van der Waals surface area contributed by atoms with E-state index in [1.54, 1.807) is 18.5 Å². The fourth-order valence-electron chi connectivity index (χ4n) is 3.11. The minimum absolute atomic E-state index is 0. The number of aromatic nitrogens is 1. The molecule has 3 heteroatoms. The van der Waals surface area contributed by atoms with Gasteiger partial charge in [0.25, 0.3) is 0 Å². The number of hydrogen-bond acceptors (Lipinski definition) is 2. The number of hydrogen-bond donors (Lipinski definition) is 0. The minimum atomic E-state index is 0. The largest absolute Gasteiger partial charge is 0.294 e. The number of aryl methyl sites for hydroxylation is 1. The number of pyridine rings is 1. The Balaban J connectivity index is 0.00000113. The third kappa shape index (κ3) is 9.15. The van der Waals surface area contributed by atoms with Crippen molar-refractivity contribution in [3.05, 3.63) is 108 Å². The van der Waals surface area contributed by atoms with Crippen LogP contribution in [0.1, 0.15) is 59.1 Å². The lowest BCUT2D eigenvalue weighted by Gasteiger charge is -2.13. The van der Waals surface area contributed by atoms with Crippen molar-refractivity contribution in [3.63, 3.8) is 0 Å². The molecule has 0 fully saturated rings. The van der Waals surface area contributed by atoms with E-state index >= 15 is 0 Å². The molecule has 0 aliphatic carbocycles. The van der Waals surface area contributed by atoms with Crippen LogP contribution in [0.2, 0.25) is 5.02 Å². The highest BCUT2D eigenvalue weighted by molar-refractivity contribution is 6.33. The fraction of sp³-hybridized carbons (Fsp3) is 0.250.